The first kappa shape index (κ1) is 14.0. The van der Waals surface area contributed by atoms with E-state index in [1.165, 1.54) is 5.69 Å². The molecule has 17 heavy (non-hydrogen) atoms. The van der Waals surface area contributed by atoms with Gasteiger partial charge in [-0.15, -0.1) is 0 Å². The number of β-amino-alcohol motifs (C(OH)–C–C–N with tert-alkyl or cyclic N) is 1. The molecule has 1 aromatic carbocycles. The molecule has 2 rings (SSSR count). The number of benzene rings is 1. The number of anilines is 1. The summed E-state index contributed by atoms with van der Waals surface area (Å²) < 4.78 is 0. The van der Waals surface area contributed by atoms with Crippen molar-refractivity contribution in [3.8, 4) is 0 Å². The van der Waals surface area contributed by atoms with Crippen LogP contribution in [0.3, 0.4) is 0 Å². The second-order valence-electron chi connectivity index (χ2n) is 4.69. The highest BCUT2D eigenvalue weighted by molar-refractivity contribution is 5.48. The van der Waals surface area contributed by atoms with Gasteiger partial charge in [0.1, 0.15) is 0 Å². The topological polar surface area (TPSA) is 23.5 Å². The maximum absolute atomic E-state index is 9.74. The minimum Gasteiger partial charge on any atom is -0.391 e. The Hall–Kier alpha value is -1.02. The van der Waals surface area contributed by atoms with Crippen LogP contribution in [-0.4, -0.2) is 23.8 Å². The van der Waals surface area contributed by atoms with Gasteiger partial charge in [0.2, 0.25) is 0 Å². The van der Waals surface area contributed by atoms with Crippen LogP contribution in [0.15, 0.2) is 30.3 Å². The molecular formula is C15H25NO. The average molecular weight is 235 g/mol. The molecule has 2 nitrogen and oxygen atoms in total. The van der Waals surface area contributed by atoms with Crippen LogP contribution >= 0.6 is 0 Å². The molecule has 1 N–H and O–H groups in total. The molecule has 2 heteroatoms. The summed E-state index contributed by atoms with van der Waals surface area (Å²) in [7, 11) is 0. The van der Waals surface area contributed by atoms with Crippen LogP contribution in [0.25, 0.3) is 0 Å². The van der Waals surface area contributed by atoms with Crippen molar-refractivity contribution in [3.63, 3.8) is 0 Å². The standard InChI is InChI=1S/C13H19NO.C2H6/c1-10(2)13-8-12(15)9-14(13)11-6-4-3-5-7-11;1-2/h3-7,10,12-13,15H,8-9H2,1-2H3;1-2H3. The van der Waals surface area contributed by atoms with E-state index >= 15 is 0 Å². The van der Waals surface area contributed by atoms with Gasteiger partial charge in [-0.3, -0.25) is 0 Å². The van der Waals surface area contributed by atoms with Gasteiger partial charge in [0.25, 0.3) is 0 Å². The smallest absolute Gasteiger partial charge is 0.0734 e. The van der Waals surface area contributed by atoms with Crippen LogP contribution in [0.2, 0.25) is 0 Å². The molecule has 0 aliphatic carbocycles. The largest absolute Gasteiger partial charge is 0.391 e. The summed E-state index contributed by atoms with van der Waals surface area (Å²) in [5, 5.41) is 9.74. The van der Waals surface area contributed by atoms with Gasteiger partial charge in [-0.1, -0.05) is 45.9 Å². The second-order valence-corrected chi connectivity index (χ2v) is 4.69. The maximum Gasteiger partial charge on any atom is 0.0734 e. The summed E-state index contributed by atoms with van der Waals surface area (Å²) in [6.45, 7) is 9.21. The monoisotopic (exact) mass is 235 g/mol. The van der Waals surface area contributed by atoms with Crippen LogP contribution in [-0.2, 0) is 0 Å². The Balaban J connectivity index is 0.000000686. The van der Waals surface area contributed by atoms with Crippen molar-refractivity contribution >= 4 is 5.69 Å². The Bertz CT molecular complexity index is 310. The second kappa shape index (κ2) is 6.65. The fourth-order valence-electron chi connectivity index (χ4n) is 2.39. The number of nitrogens with zero attached hydrogens (tertiary/aromatic N) is 1. The highest BCUT2D eigenvalue weighted by Gasteiger charge is 2.32. The first-order valence-electron chi connectivity index (χ1n) is 6.68. The number of hydrogen-bond acceptors (Lipinski definition) is 2. The van der Waals surface area contributed by atoms with E-state index in [-0.39, 0.29) is 6.10 Å². The molecule has 2 atom stereocenters. The van der Waals surface area contributed by atoms with Crippen molar-refractivity contribution in [1.29, 1.82) is 0 Å². The molecule has 1 aromatic rings. The predicted octanol–water partition coefficient (Wildman–Crippen LogP) is 3.31. The average Bonchev–Trinajstić information content (AvgIpc) is 2.75. The zero-order chi connectivity index (χ0) is 12.8. The van der Waals surface area contributed by atoms with Gasteiger partial charge >= 0.3 is 0 Å². The highest BCUT2D eigenvalue weighted by Crippen LogP contribution is 2.29. The minimum atomic E-state index is -0.169. The van der Waals surface area contributed by atoms with Crippen LogP contribution in [0.5, 0.6) is 0 Å². The molecular weight excluding hydrogens is 210 g/mol. The number of aliphatic hydroxyl groups is 1. The Kier molecular flexibility index (Phi) is 5.49. The van der Waals surface area contributed by atoms with Crippen molar-refractivity contribution in [3.05, 3.63) is 30.3 Å². The van der Waals surface area contributed by atoms with E-state index in [4.69, 9.17) is 0 Å². The van der Waals surface area contributed by atoms with Gasteiger partial charge in [-0.05, 0) is 24.5 Å². The number of para-hydroxylation sites is 1. The summed E-state index contributed by atoms with van der Waals surface area (Å²) in [5.41, 5.74) is 1.23. The first-order valence-corrected chi connectivity index (χ1v) is 6.68. The Morgan fingerprint density at radius 3 is 2.29 bits per heavy atom. The molecule has 96 valence electrons. The van der Waals surface area contributed by atoms with Crippen molar-refractivity contribution in [2.45, 2.75) is 46.3 Å². The summed E-state index contributed by atoms with van der Waals surface area (Å²) in [6, 6.07) is 10.8. The molecule has 2 unspecified atom stereocenters. The third-order valence-corrected chi connectivity index (χ3v) is 3.18. The fraction of sp³-hybridized carbons (Fsp3) is 0.600. The van der Waals surface area contributed by atoms with Crippen molar-refractivity contribution < 1.29 is 5.11 Å². The summed E-state index contributed by atoms with van der Waals surface area (Å²) >= 11 is 0. The minimum absolute atomic E-state index is 0.169. The van der Waals surface area contributed by atoms with Gasteiger partial charge in [-0.25, -0.2) is 0 Å². The lowest BCUT2D eigenvalue weighted by molar-refractivity contribution is 0.191. The highest BCUT2D eigenvalue weighted by atomic mass is 16.3. The molecule has 1 fully saturated rings. The lowest BCUT2D eigenvalue weighted by atomic mass is 10.0. The van der Waals surface area contributed by atoms with Gasteiger partial charge in [-0.2, -0.15) is 0 Å². The van der Waals surface area contributed by atoms with Crippen LogP contribution < -0.4 is 4.90 Å². The fourth-order valence-corrected chi connectivity index (χ4v) is 2.39. The van der Waals surface area contributed by atoms with E-state index < -0.39 is 0 Å². The molecule has 0 spiro atoms. The summed E-state index contributed by atoms with van der Waals surface area (Å²) in [5.74, 6) is 0.586. The number of hydrogen-bond donors (Lipinski definition) is 1. The lowest BCUT2D eigenvalue weighted by Gasteiger charge is -2.29. The molecule has 0 saturated carbocycles. The van der Waals surface area contributed by atoms with Gasteiger partial charge in [0, 0.05) is 18.3 Å². The van der Waals surface area contributed by atoms with Gasteiger partial charge < -0.3 is 10.0 Å². The molecule has 1 aliphatic rings. The zero-order valence-corrected chi connectivity index (χ0v) is 11.4. The van der Waals surface area contributed by atoms with Gasteiger partial charge in [0.05, 0.1) is 6.10 Å². The Labute approximate surface area is 105 Å². The predicted molar refractivity (Wildman–Crippen MR) is 74.4 cm³/mol. The Morgan fingerprint density at radius 2 is 1.76 bits per heavy atom. The van der Waals surface area contributed by atoms with Crippen molar-refractivity contribution in [1.82, 2.24) is 0 Å². The third kappa shape index (κ3) is 3.47. The molecule has 0 aromatic heterocycles. The molecule has 1 heterocycles. The van der Waals surface area contributed by atoms with Crippen molar-refractivity contribution in [2.75, 3.05) is 11.4 Å². The normalized spacial score (nSPS) is 23.5. The summed E-state index contributed by atoms with van der Waals surface area (Å²) in [4.78, 5) is 2.33. The van der Waals surface area contributed by atoms with E-state index in [2.05, 4.69) is 43.0 Å². The summed E-state index contributed by atoms with van der Waals surface area (Å²) in [6.07, 6.45) is 0.727. The van der Waals surface area contributed by atoms with E-state index in [9.17, 15) is 5.11 Å². The lowest BCUT2D eigenvalue weighted by Crippen LogP contribution is -2.33. The van der Waals surface area contributed by atoms with Crippen LogP contribution in [0.1, 0.15) is 34.1 Å². The van der Waals surface area contributed by atoms with E-state index in [1.807, 2.05) is 19.9 Å². The van der Waals surface area contributed by atoms with Gasteiger partial charge in [0.15, 0.2) is 0 Å². The van der Waals surface area contributed by atoms with E-state index in [0.717, 1.165) is 13.0 Å². The first-order chi connectivity index (χ1) is 8.18. The quantitative estimate of drug-likeness (QED) is 0.850. The molecule has 1 aliphatic heterocycles. The van der Waals surface area contributed by atoms with Crippen LogP contribution in [0, 0.1) is 5.92 Å². The van der Waals surface area contributed by atoms with Crippen molar-refractivity contribution in [2.24, 2.45) is 5.92 Å². The molecule has 0 radical (unpaired) electrons. The molecule has 0 bridgehead atoms. The third-order valence-electron chi connectivity index (χ3n) is 3.18. The molecule has 1 saturated heterocycles. The van der Waals surface area contributed by atoms with Crippen LogP contribution in [0.4, 0.5) is 5.69 Å². The Morgan fingerprint density at radius 1 is 1.18 bits per heavy atom. The number of aliphatic hydroxyl groups excluding tert-OH is 1. The SMILES string of the molecule is CC.CC(C)C1CC(O)CN1c1ccccc1. The number of rotatable bonds is 2. The van der Waals surface area contributed by atoms with E-state index in [0.29, 0.717) is 12.0 Å². The van der Waals surface area contributed by atoms with E-state index in [1.54, 1.807) is 0 Å². The maximum atomic E-state index is 9.74. The zero-order valence-electron chi connectivity index (χ0n) is 11.4. The molecule has 0 amide bonds.